The Kier molecular flexibility index (Phi) is 5.15. The molecule has 4 aromatic rings. The zero-order valence-corrected chi connectivity index (χ0v) is 16.0. The number of aliphatic hydroxyl groups excluding tert-OH is 1. The summed E-state index contributed by atoms with van der Waals surface area (Å²) in [5.74, 6) is -0.411. The Morgan fingerprint density at radius 3 is 2.74 bits per heavy atom. The fourth-order valence-corrected chi connectivity index (χ4v) is 2.98. The van der Waals surface area contributed by atoms with Gasteiger partial charge in [0.25, 0.3) is 5.91 Å². The highest BCUT2D eigenvalue weighted by Crippen LogP contribution is 2.29. The van der Waals surface area contributed by atoms with Gasteiger partial charge < -0.3 is 24.1 Å². The molecule has 0 saturated heterocycles. The quantitative estimate of drug-likeness (QED) is 0.426. The Morgan fingerprint density at radius 2 is 2.00 bits per heavy atom. The van der Waals surface area contributed by atoms with Crippen molar-refractivity contribution in [1.82, 2.24) is 19.9 Å². The molecule has 12 heteroatoms. The smallest absolute Gasteiger partial charge is 0.423 e. The van der Waals surface area contributed by atoms with Crippen molar-refractivity contribution in [1.29, 1.82) is 0 Å². The summed E-state index contributed by atoms with van der Waals surface area (Å²) < 4.78 is 48.2. The Bertz CT molecular complexity index is 1260. The van der Waals surface area contributed by atoms with E-state index in [1.54, 1.807) is 29.8 Å². The van der Waals surface area contributed by atoms with E-state index in [2.05, 4.69) is 25.3 Å². The summed E-state index contributed by atoms with van der Waals surface area (Å²) in [6, 6.07) is 8.54. The minimum Gasteiger partial charge on any atom is -0.423 e. The number of nitrogens with one attached hydrogen (secondary N) is 2. The molecule has 0 radical (unpaired) electrons. The number of alkyl halides is 3. The van der Waals surface area contributed by atoms with Crippen molar-refractivity contribution in [2.75, 3.05) is 18.5 Å². The van der Waals surface area contributed by atoms with Crippen molar-refractivity contribution in [3.05, 3.63) is 42.0 Å². The number of hydrogen-bond acceptors (Lipinski definition) is 7. The van der Waals surface area contributed by atoms with E-state index >= 15 is 0 Å². The molecule has 0 atom stereocenters. The van der Waals surface area contributed by atoms with Crippen molar-refractivity contribution >= 4 is 40.0 Å². The van der Waals surface area contributed by atoms with Crippen molar-refractivity contribution in [2.24, 2.45) is 7.05 Å². The average Bonchev–Trinajstić information content (AvgIpc) is 3.24. The number of rotatable bonds is 6. The van der Waals surface area contributed by atoms with E-state index in [0.717, 1.165) is 17.6 Å². The predicted molar refractivity (Wildman–Crippen MR) is 104 cm³/mol. The van der Waals surface area contributed by atoms with Crippen LogP contribution in [-0.2, 0) is 7.05 Å². The van der Waals surface area contributed by atoms with Gasteiger partial charge >= 0.3 is 12.4 Å². The first kappa shape index (κ1) is 20.5. The SMILES string of the molecule is Cn1c(Nc2nc3ccc(OC(F)(F)F)cc3o2)nc2cc(C(=O)NCCO)ccc21. The van der Waals surface area contributed by atoms with E-state index in [1.807, 2.05) is 0 Å². The van der Waals surface area contributed by atoms with Crippen molar-refractivity contribution in [2.45, 2.75) is 6.36 Å². The highest BCUT2D eigenvalue weighted by Gasteiger charge is 2.31. The van der Waals surface area contributed by atoms with Gasteiger partial charge in [0.05, 0.1) is 17.6 Å². The van der Waals surface area contributed by atoms with Gasteiger partial charge in [0, 0.05) is 25.2 Å². The molecule has 0 bridgehead atoms. The van der Waals surface area contributed by atoms with Gasteiger partial charge in [0.15, 0.2) is 5.58 Å². The molecule has 0 spiro atoms. The van der Waals surface area contributed by atoms with E-state index in [0.29, 0.717) is 22.5 Å². The van der Waals surface area contributed by atoms with E-state index in [-0.39, 0.29) is 30.7 Å². The second-order valence-electron chi connectivity index (χ2n) is 6.50. The lowest BCUT2D eigenvalue weighted by Crippen LogP contribution is -2.26. The number of benzene rings is 2. The minimum atomic E-state index is -4.81. The molecule has 1 amide bonds. The topological polar surface area (TPSA) is 114 Å². The molecule has 3 N–H and O–H groups in total. The van der Waals surface area contributed by atoms with Crippen LogP contribution in [0.5, 0.6) is 5.75 Å². The van der Waals surface area contributed by atoms with Crippen molar-refractivity contribution in [3.8, 4) is 5.75 Å². The number of carbonyl (C=O) groups excluding carboxylic acids is 1. The van der Waals surface area contributed by atoms with Crippen LogP contribution >= 0.6 is 0 Å². The van der Waals surface area contributed by atoms with Crippen LogP contribution in [-0.4, -0.2) is 45.1 Å². The summed E-state index contributed by atoms with van der Waals surface area (Å²) in [5.41, 5.74) is 2.06. The molecule has 2 aromatic carbocycles. The zero-order valence-electron chi connectivity index (χ0n) is 16.0. The van der Waals surface area contributed by atoms with Gasteiger partial charge in [-0.1, -0.05) is 0 Å². The summed E-state index contributed by atoms with van der Waals surface area (Å²) in [4.78, 5) is 20.7. The highest BCUT2D eigenvalue weighted by atomic mass is 19.4. The molecular weight excluding hydrogens is 419 g/mol. The number of amides is 1. The molecule has 2 aromatic heterocycles. The number of carbonyl (C=O) groups is 1. The first-order valence-corrected chi connectivity index (χ1v) is 9.02. The lowest BCUT2D eigenvalue weighted by Gasteiger charge is -2.07. The molecule has 0 aliphatic carbocycles. The number of imidazole rings is 1. The van der Waals surface area contributed by atoms with Gasteiger partial charge in [-0.3, -0.25) is 10.1 Å². The van der Waals surface area contributed by atoms with Crippen LogP contribution in [0.15, 0.2) is 40.8 Å². The average molecular weight is 435 g/mol. The molecule has 0 aliphatic heterocycles. The van der Waals surface area contributed by atoms with Crippen molar-refractivity contribution < 1.29 is 32.2 Å². The summed E-state index contributed by atoms with van der Waals surface area (Å²) in [7, 11) is 1.74. The summed E-state index contributed by atoms with van der Waals surface area (Å²) >= 11 is 0. The number of halogens is 3. The molecule has 0 fully saturated rings. The number of nitrogens with zero attached hydrogens (tertiary/aromatic N) is 3. The monoisotopic (exact) mass is 435 g/mol. The fourth-order valence-electron chi connectivity index (χ4n) is 2.98. The number of aliphatic hydroxyl groups is 1. The molecule has 31 heavy (non-hydrogen) atoms. The number of anilines is 2. The number of oxazole rings is 1. The van der Waals surface area contributed by atoms with Crippen LogP contribution in [0, 0.1) is 0 Å². The lowest BCUT2D eigenvalue weighted by atomic mass is 10.2. The van der Waals surface area contributed by atoms with Crippen LogP contribution in [0.2, 0.25) is 0 Å². The van der Waals surface area contributed by atoms with E-state index in [9.17, 15) is 18.0 Å². The fraction of sp³-hybridized carbons (Fsp3) is 0.211. The van der Waals surface area contributed by atoms with Crippen LogP contribution in [0.25, 0.3) is 22.1 Å². The number of aromatic nitrogens is 3. The second kappa shape index (κ2) is 7.80. The molecule has 4 rings (SSSR count). The maximum absolute atomic E-state index is 12.4. The highest BCUT2D eigenvalue weighted by molar-refractivity contribution is 5.97. The normalized spacial score (nSPS) is 11.8. The summed E-state index contributed by atoms with van der Waals surface area (Å²) in [6.45, 7) is -0.0285. The summed E-state index contributed by atoms with van der Waals surface area (Å²) in [5, 5.41) is 14.3. The van der Waals surface area contributed by atoms with E-state index in [1.165, 1.54) is 6.07 Å². The number of ether oxygens (including phenoxy) is 1. The molecule has 9 nitrogen and oxygen atoms in total. The van der Waals surface area contributed by atoms with E-state index in [4.69, 9.17) is 9.52 Å². The Morgan fingerprint density at radius 1 is 1.19 bits per heavy atom. The van der Waals surface area contributed by atoms with Crippen molar-refractivity contribution in [3.63, 3.8) is 0 Å². The minimum absolute atomic E-state index is 0.0264. The zero-order chi connectivity index (χ0) is 22.2. The maximum atomic E-state index is 12.4. The Labute approximate surface area is 172 Å². The maximum Gasteiger partial charge on any atom is 0.573 e. The third-order valence-corrected chi connectivity index (χ3v) is 4.35. The molecule has 0 aliphatic rings. The first-order chi connectivity index (χ1) is 14.7. The van der Waals surface area contributed by atoms with Gasteiger partial charge in [-0.15, -0.1) is 13.2 Å². The third-order valence-electron chi connectivity index (χ3n) is 4.35. The van der Waals surface area contributed by atoms with Crippen LogP contribution in [0.4, 0.5) is 25.1 Å². The standard InChI is InChI=1S/C19H16F3N5O4/c1-27-14-5-2-10(16(29)23-6-7-28)8-13(14)24-17(27)26-18-25-12-4-3-11(9-15(12)30-18)31-19(20,21)22/h2-5,8-9,28H,6-7H2,1H3,(H,23,29)(H,24,25,26). The van der Waals surface area contributed by atoms with Crippen LogP contribution in [0.3, 0.4) is 0 Å². The second-order valence-corrected chi connectivity index (χ2v) is 6.50. The third kappa shape index (κ3) is 4.38. The number of hydrogen-bond donors (Lipinski definition) is 3. The van der Waals surface area contributed by atoms with Crippen LogP contribution < -0.4 is 15.4 Å². The van der Waals surface area contributed by atoms with E-state index < -0.39 is 12.1 Å². The number of fused-ring (bicyclic) bond motifs is 2. The summed E-state index contributed by atoms with van der Waals surface area (Å²) in [6.07, 6.45) is -4.81. The van der Waals surface area contributed by atoms with Gasteiger partial charge in [-0.05, 0) is 30.3 Å². The lowest BCUT2D eigenvalue weighted by molar-refractivity contribution is -0.274. The largest absolute Gasteiger partial charge is 0.573 e. The Hall–Kier alpha value is -3.80. The van der Waals surface area contributed by atoms with Gasteiger partial charge in [-0.2, -0.15) is 4.98 Å². The Balaban J connectivity index is 1.59. The molecule has 0 unspecified atom stereocenters. The molecule has 2 heterocycles. The van der Waals surface area contributed by atoms with Crippen LogP contribution in [0.1, 0.15) is 10.4 Å². The number of aryl methyl sites for hydroxylation is 1. The molecular formula is C19H16F3N5O4. The van der Waals surface area contributed by atoms with Gasteiger partial charge in [-0.25, -0.2) is 4.98 Å². The first-order valence-electron chi connectivity index (χ1n) is 9.02. The molecule has 0 saturated carbocycles. The molecule has 162 valence electrons. The van der Waals surface area contributed by atoms with Gasteiger partial charge in [0.2, 0.25) is 5.95 Å². The predicted octanol–water partition coefficient (Wildman–Crippen LogP) is 3.08. The van der Waals surface area contributed by atoms with Gasteiger partial charge in [0.1, 0.15) is 11.3 Å².